The fraction of sp³-hybridized carbons (Fsp3) is 0. The summed E-state index contributed by atoms with van der Waals surface area (Å²) >= 11 is 0. The number of hydrogen-bond acceptors (Lipinski definition) is 1. The van der Waals surface area contributed by atoms with E-state index in [1.54, 1.807) is 0 Å². The van der Waals surface area contributed by atoms with E-state index in [0.29, 0.717) is 0 Å². The molecule has 0 aliphatic rings. The first-order valence-electron chi connectivity index (χ1n) is 23.3. The topological polar surface area (TPSA) is 8.17 Å². The molecule has 320 valence electrons. The van der Waals surface area contributed by atoms with Crippen LogP contribution in [0.2, 0.25) is 0 Å². The second kappa shape index (κ2) is 17.8. The molecule has 0 spiro atoms. The molecular weight excluding hydrogens is 821 g/mol. The van der Waals surface area contributed by atoms with Crippen molar-refractivity contribution in [1.29, 1.82) is 0 Å². The van der Waals surface area contributed by atoms with Crippen LogP contribution in [0.5, 0.6) is 0 Å². The number of aromatic nitrogens is 1. The highest BCUT2D eigenvalue weighted by Crippen LogP contribution is 2.43. The lowest BCUT2D eigenvalue weighted by Gasteiger charge is -2.26. The van der Waals surface area contributed by atoms with Crippen molar-refractivity contribution in [3.05, 3.63) is 279 Å². The average Bonchev–Trinajstić information content (AvgIpc) is 3.76. The largest absolute Gasteiger partial charge is 0.310 e. The Hall–Kier alpha value is -8.98. The van der Waals surface area contributed by atoms with Crippen LogP contribution < -0.4 is 4.90 Å². The van der Waals surface area contributed by atoms with Crippen LogP contribution in [0.1, 0.15) is 0 Å². The SMILES string of the molecule is c1ccc(-c2ccc(N(c3ccc(-c4ccccc4)cc3)c3cccc(-c4ccccc4-c4ccc5c6ccccc6n(-c6cc(-c7ccccc7)ccc6-c6ccccc6)c5c4)c3)cc2)cc1. The molecule has 68 heavy (non-hydrogen) atoms. The van der Waals surface area contributed by atoms with E-state index in [0.717, 1.165) is 33.9 Å². The number of hydrogen-bond donors (Lipinski definition) is 0. The van der Waals surface area contributed by atoms with Crippen molar-refractivity contribution in [3.8, 4) is 72.4 Å². The van der Waals surface area contributed by atoms with Gasteiger partial charge in [-0.1, -0.05) is 224 Å². The zero-order chi connectivity index (χ0) is 45.2. The lowest BCUT2D eigenvalue weighted by Crippen LogP contribution is -2.10. The van der Waals surface area contributed by atoms with Gasteiger partial charge in [-0.2, -0.15) is 0 Å². The van der Waals surface area contributed by atoms with E-state index in [-0.39, 0.29) is 0 Å². The third-order valence-electron chi connectivity index (χ3n) is 13.2. The molecule has 0 unspecified atom stereocenters. The van der Waals surface area contributed by atoms with E-state index in [9.17, 15) is 0 Å². The molecule has 0 radical (unpaired) electrons. The fourth-order valence-corrected chi connectivity index (χ4v) is 9.90. The molecule has 2 heteroatoms. The van der Waals surface area contributed by atoms with Gasteiger partial charge < -0.3 is 9.47 Å². The van der Waals surface area contributed by atoms with Gasteiger partial charge in [-0.05, 0) is 116 Å². The number of benzene rings is 11. The highest BCUT2D eigenvalue weighted by atomic mass is 15.1. The molecular formula is C66H46N2. The molecule has 0 saturated heterocycles. The monoisotopic (exact) mass is 866 g/mol. The molecule has 12 rings (SSSR count). The molecule has 1 heterocycles. The Morgan fingerprint density at radius 2 is 0.647 bits per heavy atom. The van der Waals surface area contributed by atoms with Crippen LogP contribution in [-0.2, 0) is 0 Å². The number of anilines is 3. The molecule has 0 amide bonds. The van der Waals surface area contributed by atoms with Crippen molar-refractivity contribution in [3.63, 3.8) is 0 Å². The van der Waals surface area contributed by atoms with Crippen LogP contribution in [0.15, 0.2) is 279 Å². The van der Waals surface area contributed by atoms with Gasteiger partial charge in [0.15, 0.2) is 0 Å². The Morgan fingerprint density at radius 1 is 0.221 bits per heavy atom. The van der Waals surface area contributed by atoms with Crippen molar-refractivity contribution < 1.29 is 0 Å². The van der Waals surface area contributed by atoms with E-state index in [2.05, 4.69) is 289 Å². The zero-order valence-corrected chi connectivity index (χ0v) is 37.5. The van der Waals surface area contributed by atoms with Crippen LogP contribution in [0.3, 0.4) is 0 Å². The molecule has 0 bridgehead atoms. The first-order chi connectivity index (χ1) is 33.7. The maximum Gasteiger partial charge on any atom is 0.0547 e. The van der Waals surface area contributed by atoms with Gasteiger partial charge in [0.1, 0.15) is 0 Å². The zero-order valence-electron chi connectivity index (χ0n) is 37.5. The number of rotatable bonds is 10. The average molecular weight is 867 g/mol. The van der Waals surface area contributed by atoms with E-state index >= 15 is 0 Å². The van der Waals surface area contributed by atoms with E-state index < -0.39 is 0 Å². The first-order valence-corrected chi connectivity index (χ1v) is 23.3. The Morgan fingerprint density at radius 3 is 1.24 bits per heavy atom. The Labute approximate surface area is 397 Å². The number of fused-ring (bicyclic) bond motifs is 3. The molecule has 0 atom stereocenters. The van der Waals surface area contributed by atoms with Crippen molar-refractivity contribution in [2.45, 2.75) is 0 Å². The van der Waals surface area contributed by atoms with Crippen molar-refractivity contribution in [2.75, 3.05) is 4.90 Å². The molecule has 0 fully saturated rings. The molecule has 0 saturated carbocycles. The van der Waals surface area contributed by atoms with E-state index in [1.807, 2.05) is 0 Å². The van der Waals surface area contributed by atoms with Gasteiger partial charge in [0.05, 0.1) is 16.7 Å². The number of para-hydroxylation sites is 1. The summed E-state index contributed by atoms with van der Waals surface area (Å²) in [7, 11) is 0. The van der Waals surface area contributed by atoms with Crippen LogP contribution in [0.25, 0.3) is 94.3 Å². The highest BCUT2D eigenvalue weighted by Gasteiger charge is 2.20. The quantitative estimate of drug-likeness (QED) is 0.133. The van der Waals surface area contributed by atoms with Gasteiger partial charge in [-0.25, -0.2) is 0 Å². The molecule has 2 nitrogen and oxygen atoms in total. The Kier molecular flexibility index (Phi) is 10.6. The van der Waals surface area contributed by atoms with Crippen molar-refractivity contribution in [2.24, 2.45) is 0 Å². The predicted octanol–water partition coefficient (Wildman–Crippen LogP) is 18.3. The smallest absolute Gasteiger partial charge is 0.0547 e. The lowest BCUT2D eigenvalue weighted by molar-refractivity contribution is 1.18. The molecule has 0 N–H and O–H groups in total. The van der Waals surface area contributed by atoms with Crippen molar-refractivity contribution in [1.82, 2.24) is 4.57 Å². The highest BCUT2D eigenvalue weighted by molar-refractivity contribution is 6.11. The van der Waals surface area contributed by atoms with Crippen LogP contribution >= 0.6 is 0 Å². The fourth-order valence-electron chi connectivity index (χ4n) is 9.90. The second-order valence-electron chi connectivity index (χ2n) is 17.3. The molecule has 0 aliphatic carbocycles. The summed E-state index contributed by atoms with van der Waals surface area (Å²) in [5, 5.41) is 2.45. The summed E-state index contributed by atoms with van der Waals surface area (Å²) < 4.78 is 2.48. The van der Waals surface area contributed by atoms with Gasteiger partial charge in [-0.15, -0.1) is 0 Å². The number of nitrogens with zero attached hydrogens (tertiary/aromatic N) is 2. The lowest BCUT2D eigenvalue weighted by atomic mass is 9.93. The molecule has 1 aromatic heterocycles. The van der Waals surface area contributed by atoms with Crippen LogP contribution in [0, 0.1) is 0 Å². The first kappa shape index (κ1) is 40.5. The Balaban J connectivity index is 0.992. The standard InChI is InChI=1S/C66H46N2/c1-5-18-47(19-6-1)50-32-38-56(39-33-50)67(57-40-34-51(35-41-57)48-20-7-2-8-21-48)58-27-17-26-54(44-58)59-28-13-14-29-60(59)55-37-43-63-62-30-15-16-31-64(62)68(66(63)46-55)65-45-53(49-22-9-3-10-23-49)36-42-61(65)52-24-11-4-12-25-52/h1-46H. The maximum atomic E-state index is 2.48. The molecule has 0 aliphatic heterocycles. The van der Waals surface area contributed by atoms with Gasteiger partial charge >= 0.3 is 0 Å². The summed E-state index contributed by atoms with van der Waals surface area (Å²) in [4.78, 5) is 2.37. The summed E-state index contributed by atoms with van der Waals surface area (Å²) in [6.07, 6.45) is 0. The van der Waals surface area contributed by atoms with Gasteiger partial charge in [0.25, 0.3) is 0 Å². The summed E-state index contributed by atoms with van der Waals surface area (Å²) in [6.45, 7) is 0. The van der Waals surface area contributed by atoms with Crippen LogP contribution in [-0.4, -0.2) is 4.57 Å². The minimum atomic E-state index is 1.08. The third-order valence-corrected chi connectivity index (χ3v) is 13.2. The van der Waals surface area contributed by atoms with Crippen LogP contribution in [0.4, 0.5) is 17.1 Å². The summed E-state index contributed by atoms with van der Waals surface area (Å²) in [6, 6.07) is 101. The van der Waals surface area contributed by atoms with E-state index in [1.165, 1.54) is 77.4 Å². The minimum Gasteiger partial charge on any atom is -0.310 e. The third kappa shape index (κ3) is 7.64. The van der Waals surface area contributed by atoms with Gasteiger partial charge in [-0.3, -0.25) is 0 Å². The Bertz CT molecular complexity index is 3600. The maximum absolute atomic E-state index is 2.48. The second-order valence-corrected chi connectivity index (χ2v) is 17.3. The van der Waals surface area contributed by atoms with Crippen molar-refractivity contribution >= 4 is 38.9 Å². The van der Waals surface area contributed by atoms with Gasteiger partial charge in [0.2, 0.25) is 0 Å². The molecule has 12 aromatic rings. The molecule has 11 aromatic carbocycles. The summed E-state index contributed by atoms with van der Waals surface area (Å²) in [5.41, 5.74) is 20.9. The van der Waals surface area contributed by atoms with E-state index in [4.69, 9.17) is 0 Å². The normalized spacial score (nSPS) is 11.2. The van der Waals surface area contributed by atoms with Gasteiger partial charge in [0, 0.05) is 33.4 Å². The predicted molar refractivity (Wildman–Crippen MR) is 288 cm³/mol. The summed E-state index contributed by atoms with van der Waals surface area (Å²) in [5.74, 6) is 0. The minimum absolute atomic E-state index is 1.08.